The Bertz CT molecular complexity index is 564. The highest BCUT2D eigenvalue weighted by atomic mass is 16.5. The smallest absolute Gasteiger partial charge is 0.123 e. The van der Waals surface area contributed by atoms with Crippen LogP contribution in [0.15, 0.2) is 24.8 Å². The standard InChI is InChI=1S/C19H27NO3/c1-3-5-15-10-17(23-4-2)11-16(18(15)21)12-20-8-6-19(13-20)7-9-22-14-19/h3,10-11,21H,1,4-9,12-14H2,2H3/t19-/m0/s1. The lowest BCUT2D eigenvalue weighted by atomic mass is 9.87. The molecular formula is C19H27NO3. The highest BCUT2D eigenvalue weighted by molar-refractivity contribution is 5.47. The van der Waals surface area contributed by atoms with Gasteiger partial charge in [0, 0.05) is 36.2 Å². The Morgan fingerprint density at radius 1 is 1.39 bits per heavy atom. The fraction of sp³-hybridized carbons (Fsp3) is 0.579. The van der Waals surface area contributed by atoms with Crippen LogP contribution in [0.1, 0.15) is 30.9 Å². The molecule has 2 heterocycles. The van der Waals surface area contributed by atoms with Gasteiger partial charge in [0.2, 0.25) is 0 Å². The van der Waals surface area contributed by atoms with E-state index in [0.29, 0.717) is 24.2 Å². The van der Waals surface area contributed by atoms with Gasteiger partial charge in [0.15, 0.2) is 0 Å². The van der Waals surface area contributed by atoms with Gasteiger partial charge in [0.05, 0.1) is 13.2 Å². The number of hydrogen-bond acceptors (Lipinski definition) is 4. The summed E-state index contributed by atoms with van der Waals surface area (Å²) in [7, 11) is 0. The number of phenolic OH excluding ortho intramolecular Hbond substituents is 1. The van der Waals surface area contributed by atoms with Gasteiger partial charge in [-0.05, 0) is 44.9 Å². The van der Waals surface area contributed by atoms with Gasteiger partial charge >= 0.3 is 0 Å². The van der Waals surface area contributed by atoms with Crippen LogP contribution in [0, 0.1) is 5.41 Å². The van der Waals surface area contributed by atoms with Crippen LogP contribution in [0.2, 0.25) is 0 Å². The van der Waals surface area contributed by atoms with Crippen molar-refractivity contribution < 1.29 is 14.6 Å². The fourth-order valence-electron chi connectivity index (χ4n) is 3.78. The summed E-state index contributed by atoms with van der Waals surface area (Å²) in [5.41, 5.74) is 2.18. The van der Waals surface area contributed by atoms with Gasteiger partial charge in [-0.15, -0.1) is 6.58 Å². The Morgan fingerprint density at radius 2 is 2.22 bits per heavy atom. The maximum Gasteiger partial charge on any atom is 0.123 e. The zero-order valence-corrected chi connectivity index (χ0v) is 14.0. The van der Waals surface area contributed by atoms with Crippen molar-refractivity contribution in [3.8, 4) is 11.5 Å². The van der Waals surface area contributed by atoms with Gasteiger partial charge in [0.25, 0.3) is 0 Å². The number of nitrogens with zero attached hydrogens (tertiary/aromatic N) is 1. The number of rotatable bonds is 6. The first-order chi connectivity index (χ1) is 11.2. The molecule has 0 unspecified atom stereocenters. The van der Waals surface area contributed by atoms with Gasteiger partial charge in [-0.3, -0.25) is 4.90 Å². The zero-order valence-electron chi connectivity index (χ0n) is 14.0. The minimum atomic E-state index is 0.344. The maximum atomic E-state index is 10.6. The molecule has 1 spiro atoms. The minimum Gasteiger partial charge on any atom is -0.507 e. The van der Waals surface area contributed by atoms with Gasteiger partial charge in [-0.1, -0.05) is 6.08 Å². The molecule has 0 radical (unpaired) electrons. The summed E-state index contributed by atoms with van der Waals surface area (Å²) in [6, 6.07) is 3.89. The highest BCUT2D eigenvalue weighted by Crippen LogP contribution is 2.39. The number of allylic oxidation sites excluding steroid dienone is 1. The number of ether oxygens (including phenoxy) is 2. The first kappa shape index (κ1) is 16.3. The summed E-state index contributed by atoms with van der Waals surface area (Å²) >= 11 is 0. The number of benzene rings is 1. The third-order valence-corrected chi connectivity index (χ3v) is 5.01. The van der Waals surface area contributed by atoms with E-state index in [1.54, 1.807) is 0 Å². The van der Waals surface area contributed by atoms with E-state index in [2.05, 4.69) is 11.5 Å². The molecule has 1 aromatic carbocycles. The molecule has 126 valence electrons. The highest BCUT2D eigenvalue weighted by Gasteiger charge is 2.41. The van der Waals surface area contributed by atoms with Crippen LogP contribution in [-0.2, 0) is 17.7 Å². The lowest BCUT2D eigenvalue weighted by Gasteiger charge is -2.23. The van der Waals surface area contributed by atoms with Crippen molar-refractivity contribution in [2.45, 2.75) is 32.7 Å². The average Bonchev–Trinajstić information content (AvgIpc) is 3.15. The molecular weight excluding hydrogens is 290 g/mol. The predicted molar refractivity (Wildman–Crippen MR) is 90.9 cm³/mol. The molecule has 1 N–H and O–H groups in total. The van der Waals surface area contributed by atoms with Crippen LogP contribution in [0.4, 0.5) is 0 Å². The quantitative estimate of drug-likeness (QED) is 0.819. The summed E-state index contributed by atoms with van der Waals surface area (Å²) in [6.45, 7) is 11.0. The molecule has 4 nitrogen and oxygen atoms in total. The Hall–Kier alpha value is -1.52. The number of hydrogen-bond donors (Lipinski definition) is 1. The number of likely N-dealkylation sites (tertiary alicyclic amines) is 1. The fourth-order valence-corrected chi connectivity index (χ4v) is 3.78. The van der Waals surface area contributed by atoms with E-state index < -0.39 is 0 Å². The number of aromatic hydroxyl groups is 1. The Labute approximate surface area is 138 Å². The van der Waals surface area contributed by atoms with E-state index in [4.69, 9.17) is 9.47 Å². The maximum absolute atomic E-state index is 10.6. The van der Waals surface area contributed by atoms with Crippen LogP contribution in [-0.4, -0.2) is 42.9 Å². The van der Waals surface area contributed by atoms with Crippen molar-refractivity contribution in [1.29, 1.82) is 0 Å². The number of phenols is 1. The molecule has 0 saturated carbocycles. The summed E-state index contributed by atoms with van der Waals surface area (Å²) in [5, 5.41) is 10.6. The molecule has 0 bridgehead atoms. The van der Waals surface area contributed by atoms with E-state index in [-0.39, 0.29) is 0 Å². The van der Waals surface area contributed by atoms with Crippen LogP contribution in [0.5, 0.6) is 11.5 Å². The Morgan fingerprint density at radius 3 is 2.91 bits per heavy atom. The third kappa shape index (κ3) is 3.54. The second-order valence-electron chi connectivity index (χ2n) is 6.78. The molecule has 0 aliphatic carbocycles. The second kappa shape index (κ2) is 6.93. The summed E-state index contributed by atoms with van der Waals surface area (Å²) in [5.74, 6) is 1.22. The van der Waals surface area contributed by atoms with Crippen molar-refractivity contribution in [2.24, 2.45) is 5.41 Å². The summed E-state index contributed by atoms with van der Waals surface area (Å²) in [4.78, 5) is 2.43. The van der Waals surface area contributed by atoms with Crippen LogP contribution >= 0.6 is 0 Å². The molecule has 2 saturated heterocycles. The zero-order chi connectivity index (χ0) is 16.3. The summed E-state index contributed by atoms with van der Waals surface area (Å²) in [6.07, 6.45) is 4.82. The van der Waals surface area contributed by atoms with E-state index in [1.807, 2.05) is 25.1 Å². The first-order valence-corrected chi connectivity index (χ1v) is 8.54. The van der Waals surface area contributed by atoms with E-state index >= 15 is 0 Å². The van der Waals surface area contributed by atoms with E-state index in [1.165, 1.54) is 6.42 Å². The molecule has 1 atom stereocenters. The van der Waals surface area contributed by atoms with Gasteiger partial charge in [-0.25, -0.2) is 0 Å². The topological polar surface area (TPSA) is 41.9 Å². The second-order valence-corrected chi connectivity index (χ2v) is 6.78. The van der Waals surface area contributed by atoms with Gasteiger partial charge in [-0.2, -0.15) is 0 Å². The van der Waals surface area contributed by atoms with Crippen molar-refractivity contribution in [3.63, 3.8) is 0 Å². The molecule has 2 aliphatic rings. The molecule has 2 fully saturated rings. The largest absolute Gasteiger partial charge is 0.507 e. The van der Waals surface area contributed by atoms with Crippen molar-refractivity contribution >= 4 is 0 Å². The first-order valence-electron chi connectivity index (χ1n) is 8.54. The molecule has 4 heteroatoms. The van der Waals surface area contributed by atoms with Crippen LogP contribution in [0.25, 0.3) is 0 Å². The minimum absolute atomic E-state index is 0.344. The lowest BCUT2D eigenvalue weighted by Crippen LogP contribution is -2.27. The monoisotopic (exact) mass is 317 g/mol. The molecule has 2 aliphatic heterocycles. The normalized spacial score (nSPS) is 24.4. The van der Waals surface area contributed by atoms with Crippen molar-refractivity contribution in [1.82, 2.24) is 4.90 Å². The van der Waals surface area contributed by atoms with E-state index in [9.17, 15) is 5.11 Å². The lowest BCUT2D eigenvalue weighted by molar-refractivity contribution is 0.151. The predicted octanol–water partition coefficient (Wildman–Crippen LogP) is 3.13. The van der Waals surface area contributed by atoms with Gasteiger partial charge in [0.1, 0.15) is 11.5 Å². The van der Waals surface area contributed by atoms with E-state index in [0.717, 1.165) is 56.1 Å². The molecule has 3 rings (SSSR count). The molecule has 0 aromatic heterocycles. The molecule has 1 aromatic rings. The Balaban J connectivity index is 1.77. The van der Waals surface area contributed by atoms with Crippen LogP contribution in [0.3, 0.4) is 0 Å². The Kier molecular flexibility index (Phi) is 4.93. The van der Waals surface area contributed by atoms with Gasteiger partial charge < -0.3 is 14.6 Å². The SMILES string of the molecule is C=CCc1cc(OCC)cc(CN2CC[C@]3(CCOC3)C2)c1O. The third-order valence-electron chi connectivity index (χ3n) is 5.01. The summed E-state index contributed by atoms with van der Waals surface area (Å²) < 4.78 is 11.3. The van der Waals surface area contributed by atoms with Crippen molar-refractivity contribution in [2.75, 3.05) is 32.9 Å². The van der Waals surface area contributed by atoms with Crippen molar-refractivity contribution in [3.05, 3.63) is 35.9 Å². The average molecular weight is 317 g/mol. The molecule has 0 amide bonds. The van der Waals surface area contributed by atoms with Crippen LogP contribution < -0.4 is 4.74 Å². The molecule has 23 heavy (non-hydrogen) atoms.